The molecule has 1 N–H and O–H groups in total. The summed E-state index contributed by atoms with van der Waals surface area (Å²) in [5, 5.41) is 13.2. The first-order valence-corrected chi connectivity index (χ1v) is 6.07. The molecule has 1 aromatic rings. The van der Waals surface area contributed by atoms with E-state index in [0.717, 1.165) is 0 Å². The number of nitrogens with one attached hydrogen (secondary N) is 1. The molecule has 0 fully saturated rings. The van der Waals surface area contributed by atoms with Crippen LogP contribution in [-0.2, 0) is 14.3 Å². The van der Waals surface area contributed by atoms with E-state index in [2.05, 4.69) is 5.32 Å². The molecule has 0 aliphatic heterocycles. The van der Waals surface area contributed by atoms with Crippen molar-refractivity contribution in [2.75, 3.05) is 5.32 Å². The van der Waals surface area contributed by atoms with E-state index in [1.54, 1.807) is 19.9 Å². The van der Waals surface area contributed by atoms with Gasteiger partial charge in [0.1, 0.15) is 5.69 Å². The second-order valence-corrected chi connectivity index (χ2v) is 4.50. The monoisotopic (exact) mass is 280 g/mol. The first kappa shape index (κ1) is 15.6. The number of carbonyl (C=O) groups is 2. The fraction of sp³-hybridized carbons (Fsp3) is 0.385. The molecule has 0 unspecified atom stereocenters. The minimum absolute atomic E-state index is 0.0648. The minimum atomic E-state index is -1.02. The van der Waals surface area contributed by atoms with Crippen molar-refractivity contribution < 1.29 is 19.2 Å². The van der Waals surface area contributed by atoms with Crippen molar-refractivity contribution >= 4 is 23.3 Å². The summed E-state index contributed by atoms with van der Waals surface area (Å²) in [6, 6.07) is 5.75. The quantitative estimate of drug-likeness (QED) is 0.506. The highest BCUT2D eigenvalue weighted by molar-refractivity contribution is 5.96. The lowest BCUT2D eigenvalue weighted by molar-refractivity contribution is -0.383. The first-order chi connectivity index (χ1) is 9.32. The molecule has 0 saturated carbocycles. The second kappa shape index (κ2) is 6.65. The zero-order valence-corrected chi connectivity index (χ0v) is 11.5. The normalized spacial score (nSPS) is 11.8. The number of nitro benzene ring substituents is 1. The zero-order valence-electron chi connectivity index (χ0n) is 11.5. The second-order valence-electron chi connectivity index (χ2n) is 4.50. The van der Waals surface area contributed by atoms with Crippen molar-refractivity contribution in [3.8, 4) is 0 Å². The topological polar surface area (TPSA) is 98.5 Å². The molecular formula is C13H16N2O5. The largest absolute Gasteiger partial charge is 0.452 e. The number of amides is 1. The zero-order chi connectivity index (χ0) is 15.3. The summed E-state index contributed by atoms with van der Waals surface area (Å²) < 4.78 is 4.93. The lowest BCUT2D eigenvalue weighted by Crippen LogP contribution is -2.31. The highest BCUT2D eigenvalue weighted by Gasteiger charge is 2.22. The van der Waals surface area contributed by atoms with E-state index >= 15 is 0 Å². The summed E-state index contributed by atoms with van der Waals surface area (Å²) in [5.74, 6) is -1.47. The van der Waals surface area contributed by atoms with Crippen LogP contribution in [0.5, 0.6) is 0 Å². The van der Waals surface area contributed by atoms with Crippen LogP contribution in [0.3, 0.4) is 0 Å². The Balaban J connectivity index is 2.76. The van der Waals surface area contributed by atoms with Gasteiger partial charge in [0, 0.05) is 6.07 Å². The maximum absolute atomic E-state index is 11.8. The van der Waals surface area contributed by atoms with E-state index in [4.69, 9.17) is 4.74 Å². The summed E-state index contributed by atoms with van der Waals surface area (Å²) in [6.07, 6.45) is -1.02. The number of hydrogen-bond acceptors (Lipinski definition) is 5. The van der Waals surface area contributed by atoms with Crippen molar-refractivity contribution in [3.05, 3.63) is 34.4 Å². The molecule has 108 valence electrons. The Morgan fingerprint density at radius 1 is 1.25 bits per heavy atom. The van der Waals surface area contributed by atoms with Gasteiger partial charge < -0.3 is 10.1 Å². The van der Waals surface area contributed by atoms with Gasteiger partial charge in [0.2, 0.25) is 0 Å². The maximum Gasteiger partial charge on any atom is 0.309 e. The van der Waals surface area contributed by atoms with Crippen LogP contribution in [0.2, 0.25) is 0 Å². The molecule has 1 atom stereocenters. The van der Waals surface area contributed by atoms with Gasteiger partial charge in [0.25, 0.3) is 11.6 Å². The number of para-hydroxylation sites is 2. The number of rotatable bonds is 5. The summed E-state index contributed by atoms with van der Waals surface area (Å²) in [6.45, 7) is 4.70. The summed E-state index contributed by atoms with van der Waals surface area (Å²) in [7, 11) is 0. The number of esters is 1. The fourth-order valence-electron chi connectivity index (χ4n) is 1.34. The van der Waals surface area contributed by atoms with Crippen molar-refractivity contribution in [2.45, 2.75) is 26.9 Å². The predicted octanol–water partition coefficient (Wildman–Crippen LogP) is 2.12. The van der Waals surface area contributed by atoms with Crippen LogP contribution in [0.4, 0.5) is 11.4 Å². The van der Waals surface area contributed by atoms with E-state index in [0.29, 0.717) is 0 Å². The van der Waals surface area contributed by atoms with Gasteiger partial charge in [-0.3, -0.25) is 19.7 Å². The van der Waals surface area contributed by atoms with Gasteiger partial charge in [0.05, 0.1) is 10.8 Å². The number of nitro groups is 1. The Labute approximate surface area is 116 Å². The van der Waals surface area contributed by atoms with Crippen LogP contribution in [0.15, 0.2) is 24.3 Å². The van der Waals surface area contributed by atoms with Crippen molar-refractivity contribution in [1.29, 1.82) is 0 Å². The van der Waals surface area contributed by atoms with Gasteiger partial charge in [-0.2, -0.15) is 0 Å². The average Bonchev–Trinajstić information content (AvgIpc) is 2.38. The first-order valence-electron chi connectivity index (χ1n) is 6.07. The molecule has 1 aromatic carbocycles. The third-order valence-corrected chi connectivity index (χ3v) is 2.49. The molecule has 1 amide bonds. The molecule has 1 rings (SSSR count). The van der Waals surface area contributed by atoms with Crippen molar-refractivity contribution in [1.82, 2.24) is 0 Å². The Morgan fingerprint density at radius 3 is 2.40 bits per heavy atom. The number of ether oxygens (including phenoxy) is 1. The third-order valence-electron chi connectivity index (χ3n) is 2.49. The summed E-state index contributed by atoms with van der Waals surface area (Å²) in [4.78, 5) is 33.4. The molecular weight excluding hydrogens is 264 g/mol. The van der Waals surface area contributed by atoms with Gasteiger partial charge in [-0.1, -0.05) is 26.0 Å². The van der Waals surface area contributed by atoms with E-state index in [-0.39, 0.29) is 17.3 Å². The standard InChI is InChI=1S/C13H16N2O5/c1-8(2)13(17)20-9(3)12(16)14-10-6-4-5-7-11(10)15(18)19/h4-9H,1-3H3,(H,14,16)/t9-/m1/s1. The molecule has 0 spiro atoms. The third kappa shape index (κ3) is 4.04. The molecule has 0 aliphatic carbocycles. The van der Waals surface area contributed by atoms with Crippen LogP contribution in [0.25, 0.3) is 0 Å². The molecule has 20 heavy (non-hydrogen) atoms. The molecule has 7 heteroatoms. The Bertz CT molecular complexity index is 527. The molecule has 0 bridgehead atoms. The molecule has 7 nitrogen and oxygen atoms in total. The smallest absolute Gasteiger partial charge is 0.309 e. The predicted molar refractivity (Wildman–Crippen MR) is 72.1 cm³/mol. The average molecular weight is 280 g/mol. The van der Waals surface area contributed by atoms with Crippen LogP contribution < -0.4 is 5.32 Å². The van der Waals surface area contributed by atoms with E-state index in [1.807, 2.05) is 0 Å². The van der Waals surface area contributed by atoms with Gasteiger partial charge in [-0.15, -0.1) is 0 Å². The van der Waals surface area contributed by atoms with Gasteiger partial charge >= 0.3 is 5.97 Å². The molecule has 0 aromatic heterocycles. The molecule has 0 radical (unpaired) electrons. The lowest BCUT2D eigenvalue weighted by atomic mass is 10.2. The van der Waals surface area contributed by atoms with E-state index < -0.39 is 22.9 Å². The highest BCUT2D eigenvalue weighted by Crippen LogP contribution is 2.23. The summed E-state index contributed by atoms with van der Waals surface area (Å²) >= 11 is 0. The number of benzene rings is 1. The van der Waals surface area contributed by atoms with Gasteiger partial charge in [0.15, 0.2) is 6.10 Å². The van der Waals surface area contributed by atoms with Gasteiger partial charge in [-0.25, -0.2) is 0 Å². The summed E-state index contributed by atoms with van der Waals surface area (Å²) in [5.41, 5.74) is -0.154. The number of nitrogens with zero attached hydrogens (tertiary/aromatic N) is 1. The molecule has 0 aliphatic rings. The fourth-order valence-corrected chi connectivity index (χ4v) is 1.34. The number of hydrogen-bond donors (Lipinski definition) is 1. The SMILES string of the molecule is CC(C)C(=O)O[C@H](C)C(=O)Nc1ccccc1[N+](=O)[O-]. The Hall–Kier alpha value is -2.44. The van der Waals surface area contributed by atoms with Crippen LogP contribution >= 0.6 is 0 Å². The minimum Gasteiger partial charge on any atom is -0.452 e. The maximum atomic E-state index is 11.8. The lowest BCUT2D eigenvalue weighted by Gasteiger charge is -2.14. The van der Waals surface area contributed by atoms with Crippen molar-refractivity contribution in [2.24, 2.45) is 5.92 Å². The molecule has 0 heterocycles. The number of anilines is 1. The van der Waals surface area contributed by atoms with E-state index in [9.17, 15) is 19.7 Å². The Morgan fingerprint density at radius 2 is 1.85 bits per heavy atom. The van der Waals surface area contributed by atoms with Crippen molar-refractivity contribution in [3.63, 3.8) is 0 Å². The van der Waals surface area contributed by atoms with Crippen LogP contribution in [0.1, 0.15) is 20.8 Å². The number of carbonyl (C=O) groups excluding carboxylic acids is 2. The van der Waals surface area contributed by atoms with Crippen LogP contribution in [-0.4, -0.2) is 22.9 Å². The van der Waals surface area contributed by atoms with Gasteiger partial charge in [-0.05, 0) is 13.0 Å². The van der Waals surface area contributed by atoms with E-state index in [1.165, 1.54) is 25.1 Å². The highest BCUT2D eigenvalue weighted by atomic mass is 16.6. The Kier molecular flexibility index (Phi) is 5.19. The van der Waals surface area contributed by atoms with Crippen LogP contribution in [0, 0.1) is 16.0 Å². The molecule has 0 saturated heterocycles.